The molecule has 2 heterocycles. The summed E-state index contributed by atoms with van der Waals surface area (Å²) in [5, 5.41) is 0. The first-order valence-corrected chi connectivity index (χ1v) is 9.43. The van der Waals surface area contributed by atoms with Gasteiger partial charge in [0, 0.05) is 29.0 Å². The Balaban J connectivity index is 1.77. The summed E-state index contributed by atoms with van der Waals surface area (Å²) in [5.74, 6) is 0. The molecule has 0 aliphatic carbocycles. The number of benzene rings is 1. The molecule has 0 aliphatic heterocycles. The lowest BCUT2D eigenvalue weighted by molar-refractivity contribution is 0.569. The van der Waals surface area contributed by atoms with Crippen LogP contribution in [0.2, 0.25) is 0 Å². The number of imidazole rings is 1. The van der Waals surface area contributed by atoms with Crippen molar-refractivity contribution in [2.75, 3.05) is 0 Å². The van der Waals surface area contributed by atoms with Gasteiger partial charge >= 0.3 is 0 Å². The summed E-state index contributed by atoms with van der Waals surface area (Å²) < 4.78 is 29.7. The minimum atomic E-state index is -3.49. The second-order valence-electron chi connectivity index (χ2n) is 5.27. The smallest absolute Gasteiger partial charge is 0.250 e. The molecule has 0 unspecified atom stereocenters. The van der Waals surface area contributed by atoms with Crippen LogP contribution in [0, 0.1) is 6.92 Å². The molecule has 0 radical (unpaired) electrons. The van der Waals surface area contributed by atoms with Crippen molar-refractivity contribution in [2.45, 2.75) is 24.1 Å². The molecule has 7 heteroatoms. The second kappa shape index (κ2) is 6.27. The number of sulfonamides is 1. The van der Waals surface area contributed by atoms with Crippen molar-refractivity contribution < 1.29 is 8.42 Å². The Morgan fingerprint density at radius 1 is 1.17 bits per heavy atom. The Kier molecular flexibility index (Phi) is 4.34. The van der Waals surface area contributed by atoms with Gasteiger partial charge in [0.2, 0.25) is 0 Å². The fourth-order valence-electron chi connectivity index (χ4n) is 2.26. The summed E-state index contributed by atoms with van der Waals surface area (Å²) in [6, 6.07) is 10.9. The topological polar surface area (TPSA) is 64.0 Å². The van der Waals surface area contributed by atoms with Gasteiger partial charge in [0.1, 0.15) is 4.21 Å². The number of aryl methyl sites for hydroxylation is 1. The third-order valence-corrected chi connectivity index (χ3v) is 6.54. The van der Waals surface area contributed by atoms with E-state index in [1.54, 1.807) is 18.6 Å². The maximum atomic E-state index is 12.4. The van der Waals surface area contributed by atoms with Gasteiger partial charge in [0.25, 0.3) is 10.0 Å². The Morgan fingerprint density at radius 3 is 2.48 bits per heavy atom. The highest BCUT2D eigenvalue weighted by Crippen LogP contribution is 2.23. The summed E-state index contributed by atoms with van der Waals surface area (Å²) in [7, 11) is -3.49. The first-order valence-electron chi connectivity index (χ1n) is 7.13. The number of hydrogen-bond acceptors (Lipinski definition) is 4. The quantitative estimate of drug-likeness (QED) is 0.770. The van der Waals surface area contributed by atoms with E-state index >= 15 is 0 Å². The van der Waals surface area contributed by atoms with Crippen molar-refractivity contribution in [3.63, 3.8) is 0 Å². The predicted octanol–water partition coefficient (Wildman–Crippen LogP) is 3.28. The summed E-state index contributed by atoms with van der Waals surface area (Å²) in [5.41, 5.74) is 1.89. The summed E-state index contributed by atoms with van der Waals surface area (Å²) >= 11 is 1.27. The lowest BCUT2D eigenvalue weighted by Crippen LogP contribution is -2.26. The van der Waals surface area contributed by atoms with Crippen molar-refractivity contribution in [1.82, 2.24) is 14.3 Å². The van der Waals surface area contributed by atoms with E-state index in [0.717, 1.165) is 16.1 Å². The van der Waals surface area contributed by atoms with Crippen LogP contribution in [-0.2, 0) is 10.0 Å². The van der Waals surface area contributed by atoms with Gasteiger partial charge in [-0.05, 0) is 43.7 Å². The lowest BCUT2D eigenvalue weighted by atomic mass is 10.1. The fourth-order valence-corrected chi connectivity index (χ4v) is 4.79. The van der Waals surface area contributed by atoms with E-state index in [1.807, 2.05) is 54.9 Å². The van der Waals surface area contributed by atoms with Crippen LogP contribution < -0.4 is 4.72 Å². The maximum Gasteiger partial charge on any atom is 0.250 e. The zero-order valence-electron chi connectivity index (χ0n) is 12.8. The molecule has 1 atom stereocenters. The van der Waals surface area contributed by atoms with Crippen LogP contribution in [0.3, 0.4) is 0 Å². The molecule has 1 aromatic carbocycles. The molecule has 5 nitrogen and oxygen atoms in total. The molecule has 0 spiro atoms. The van der Waals surface area contributed by atoms with Crippen LogP contribution in [0.4, 0.5) is 0 Å². The van der Waals surface area contributed by atoms with Crippen LogP contribution >= 0.6 is 11.3 Å². The minimum absolute atomic E-state index is 0.306. The van der Waals surface area contributed by atoms with Gasteiger partial charge in [-0.2, -0.15) is 0 Å². The molecule has 0 amide bonds. The maximum absolute atomic E-state index is 12.4. The molecular weight excluding hydrogens is 330 g/mol. The van der Waals surface area contributed by atoms with E-state index in [1.165, 1.54) is 11.3 Å². The third kappa shape index (κ3) is 3.52. The zero-order chi connectivity index (χ0) is 16.4. The molecule has 3 aromatic rings. The first-order chi connectivity index (χ1) is 11.0. The van der Waals surface area contributed by atoms with Gasteiger partial charge in [0.05, 0.1) is 6.33 Å². The van der Waals surface area contributed by atoms with Gasteiger partial charge < -0.3 is 4.57 Å². The SMILES string of the molecule is Cc1ccc(S(=O)(=O)N[C@H](C)c2ccc(-n3ccnc3)cc2)s1. The monoisotopic (exact) mass is 347 g/mol. The molecule has 120 valence electrons. The van der Waals surface area contributed by atoms with E-state index in [-0.39, 0.29) is 6.04 Å². The van der Waals surface area contributed by atoms with Gasteiger partial charge in [-0.25, -0.2) is 18.1 Å². The van der Waals surface area contributed by atoms with Crippen LogP contribution in [0.25, 0.3) is 5.69 Å². The Hall–Kier alpha value is -1.96. The summed E-state index contributed by atoms with van der Waals surface area (Å²) in [6.07, 6.45) is 5.30. The van der Waals surface area contributed by atoms with E-state index in [0.29, 0.717) is 4.21 Å². The average molecular weight is 347 g/mol. The van der Waals surface area contributed by atoms with Crippen molar-refractivity contribution >= 4 is 21.4 Å². The molecule has 0 saturated heterocycles. The summed E-state index contributed by atoms with van der Waals surface area (Å²) in [6.45, 7) is 3.73. The largest absolute Gasteiger partial charge is 0.306 e. The van der Waals surface area contributed by atoms with Gasteiger partial charge in [-0.1, -0.05) is 12.1 Å². The first kappa shape index (κ1) is 15.9. The number of thiophene rings is 1. The Morgan fingerprint density at radius 2 is 1.91 bits per heavy atom. The van der Waals surface area contributed by atoms with Crippen molar-refractivity contribution in [2.24, 2.45) is 0 Å². The molecule has 0 saturated carbocycles. The standard InChI is InChI=1S/C16H17N3O2S2/c1-12-3-8-16(22-12)23(20,21)18-13(2)14-4-6-15(7-5-14)19-10-9-17-11-19/h3-11,13,18H,1-2H3/t13-/m1/s1. The average Bonchev–Trinajstić information content (AvgIpc) is 3.18. The Bertz CT molecular complexity index is 882. The number of hydrogen-bond donors (Lipinski definition) is 1. The second-order valence-corrected chi connectivity index (χ2v) is 8.50. The van der Waals surface area contributed by atoms with Gasteiger partial charge in [0.15, 0.2) is 0 Å². The van der Waals surface area contributed by atoms with E-state index < -0.39 is 10.0 Å². The van der Waals surface area contributed by atoms with Crippen molar-refractivity contribution in [1.29, 1.82) is 0 Å². The van der Waals surface area contributed by atoms with Gasteiger partial charge in [-0.15, -0.1) is 11.3 Å². The molecule has 2 aromatic heterocycles. The fraction of sp³-hybridized carbons (Fsp3) is 0.188. The van der Waals surface area contributed by atoms with Crippen LogP contribution in [-0.4, -0.2) is 18.0 Å². The van der Waals surface area contributed by atoms with Gasteiger partial charge in [-0.3, -0.25) is 0 Å². The summed E-state index contributed by atoms with van der Waals surface area (Å²) in [4.78, 5) is 4.99. The normalized spacial score (nSPS) is 13.1. The van der Waals surface area contributed by atoms with Crippen molar-refractivity contribution in [3.8, 4) is 5.69 Å². The highest BCUT2D eigenvalue weighted by atomic mass is 32.2. The number of aromatic nitrogens is 2. The highest BCUT2D eigenvalue weighted by molar-refractivity contribution is 7.91. The minimum Gasteiger partial charge on any atom is -0.306 e. The lowest BCUT2D eigenvalue weighted by Gasteiger charge is -2.14. The predicted molar refractivity (Wildman–Crippen MR) is 91.4 cm³/mol. The molecular formula is C16H17N3O2S2. The molecule has 0 aliphatic rings. The van der Waals surface area contributed by atoms with Crippen LogP contribution in [0.15, 0.2) is 59.3 Å². The number of rotatable bonds is 5. The molecule has 0 fully saturated rings. The Labute approximate surface area is 139 Å². The van der Waals surface area contributed by atoms with E-state index in [4.69, 9.17) is 0 Å². The third-order valence-electron chi connectivity index (χ3n) is 3.51. The number of nitrogens with zero attached hydrogens (tertiary/aromatic N) is 2. The highest BCUT2D eigenvalue weighted by Gasteiger charge is 2.19. The van der Waals surface area contributed by atoms with Crippen LogP contribution in [0.5, 0.6) is 0 Å². The van der Waals surface area contributed by atoms with Crippen LogP contribution in [0.1, 0.15) is 23.4 Å². The van der Waals surface area contributed by atoms with E-state index in [9.17, 15) is 8.42 Å². The molecule has 3 rings (SSSR count). The molecule has 1 N–H and O–H groups in total. The number of nitrogens with one attached hydrogen (secondary N) is 1. The molecule has 0 bridgehead atoms. The van der Waals surface area contributed by atoms with Crippen molar-refractivity contribution in [3.05, 3.63) is 65.6 Å². The molecule has 23 heavy (non-hydrogen) atoms. The van der Waals surface area contributed by atoms with E-state index in [2.05, 4.69) is 9.71 Å². The zero-order valence-corrected chi connectivity index (χ0v) is 14.4.